The second-order valence-corrected chi connectivity index (χ2v) is 14.9. The average molecular weight is 694 g/mol. The maximum Gasteiger partial charge on any atom is 0.418 e. The van der Waals surface area contributed by atoms with Crippen molar-refractivity contribution in [1.29, 1.82) is 0 Å². The summed E-state index contributed by atoms with van der Waals surface area (Å²) in [4.78, 5) is 56.2. The first-order valence-electron chi connectivity index (χ1n) is 15.3. The normalized spacial score (nSPS) is 27.2. The first-order chi connectivity index (χ1) is 22.9. The van der Waals surface area contributed by atoms with Crippen molar-refractivity contribution in [3.63, 3.8) is 0 Å². The lowest BCUT2D eigenvalue weighted by Gasteiger charge is -2.43. The van der Waals surface area contributed by atoms with Crippen LogP contribution < -0.4 is 14.5 Å². The van der Waals surface area contributed by atoms with Crippen LogP contribution in [0.3, 0.4) is 0 Å². The molecule has 4 aliphatic rings. The standard InChI is InChI=1S/C34H26F3N3O6S2/c1-15-6-8-16(9-7-15)14-46-23-11-10-17(40(44)45)12-18(23)24-25-19-13-20(28(25)47-30-29(24)48-33(43)38-30)27-26(19)31(41)39(32(27)42)22-5-3-2-4-21(22)34(35,36)37/h2-12,19-20,24-28H,13-14H2,1H3,(H,38,43)/t19?,20?,24-,25?,26?,27?,28?/m1/s1. The molecule has 1 saturated heterocycles. The van der Waals surface area contributed by atoms with Crippen LogP contribution in [0.15, 0.2) is 76.6 Å². The summed E-state index contributed by atoms with van der Waals surface area (Å²) in [5.41, 5.74) is 0.736. The molecule has 2 saturated carbocycles. The highest BCUT2D eigenvalue weighted by molar-refractivity contribution is 8.00. The lowest BCUT2D eigenvalue weighted by Crippen LogP contribution is -2.42. The first-order valence-corrected chi connectivity index (χ1v) is 17.0. The highest BCUT2D eigenvalue weighted by Crippen LogP contribution is 2.69. The predicted molar refractivity (Wildman–Crippen MR) is 171 cm³/mol. The van der Waals surface area contributed by atoms with Gasteiger partial charge in [0.25, 0.3) is 5.69 Å². The van der Waals surface area contributed by atoms with Gasteiger partial charge in [0.2, 0.25) is 11.8 Å². The van der Waals surface area contributed by atoms with Crippen LogP contribution in [0.2, 0.25) is 0 Å². The number of aromatic nitrogens is 1. The number of carbonyl (C=O) groups is 2. The van der Waals surface area contributed by atoms with Crippen LogP contribution in [0.25, 0.3) is 0 Å². The molecule has 48 heavy (non-hydrogen) atoms. The zero-order valence-electron chi connectivity index (χ0n) is 25.1. The largest absolute Gasteiger partial charge is 0.489 e. The van der Waals surface area contributed by atoms with Gasteiger partial charge in [-0.25, -0.2) is 4.90 Å². The van der Waals surface area contributed by atoms with Gasteiger partial charge in [0.1, 0.15) is 12.4 Å². The molecule has 3 fully saturated rings. The Morgan fingerprint density at radius 1 is 1.00 bits per heavy atom. The second kappa shape index (κ2) is 11.1. The van der Waals surface area contributed by atoms with E-state index >= 15 is 0 Å². The van der Waals surface area contributed by atoms with Gasteiger partial charge in [-0.3, -0.25) is 24.5 Å². The lowest BCUT2D eigenvalue weighted by molar-refractivity contribution is -0.385. The number of hydrogen-bond donors (Lipinski definition) is 1. The van der Waals surface area contributed by atoms with Gasteiger partial charge in [-0.15, -0.1) is 11.8 Å². The van der Waals surface area contributed by atoms with E-state index in [-0.39, 0.29) is 34.3 Å². The van der Waals surface area contributed by atoms with E-state index in [1.54, 1.807) is 6.07 Å². The highest BCUT2D eigenvalue weighted by atomic mass is 32.2. The number of amides is 2. The van der Waals surface area contributed by atoms with Crippen LogP contribution in [0.5, 0.6) is 5.75 Å². The van der Waals surface area contributed by atoms with E-state index in [0.29, 0.717) is 27.6 Å². The summed E-state index contributed by atoms with van der Waals surface area (Å²) < 4.78 is 48.3. The van der Waals surface area contributed by atoms with Gasteiger partial charge in [0.15, 0.2) is 0 Å². The minimum atomic E-state index is -4.78. The summed E-state index contributed by atoms with van der Waals surface area (Å²) in [7, 11) is 0. The molecule has 8 rings (SSSR count). The molecule has 246 valence electrons. The summed E-state index contributed by atoms with van der Waals surface area (Å²) in [6, 6.07) is 16.7. The fourth-order valence-corrected chi connectivity index (χ4v) is 11.3. The molecule has 3 aromatic carbocycles. The van der Waals surface area contributed by atoms with E-state index in [4.69, 9.17) is 4.74 Å². The Balaban J connectivity index is 1.22. The highest BCUT2D eigenvalue weighted by Gasteiger charge is 2.70. The number of nitro groups is 1. The van der Waals surface area contributed by atoms with Crippen molar-refractivity contribution in [2.45, 2.75) is 42.3 Å². The molecule has 2 amide bonds. The number of hydrogen-bond acceptors (Lipinski definition) is 8. The summed E-state index contributed by atoms with van der Waals surface area (Å²) in [6.07, 6.45) is -4.28. The van der Waals surface area contributed by atoms with Crippen molar-refractivity contribution < 1.29 is 32.4 Å². The van der Waals surface area contributed by atoms with Gasteiger partial charge in [-0.1, -0.05) is 53.3 Å². The van der Waals surface area contributed by atoms with Crippen LogP contribution in [0, 0.1) is 46.6 Å². The number of non-ortho nitro benzene ring substituents is 1. The molecule has 1 aromatic heterocycles. The molecule has 0 spiro atoms. The zero-order valence-corrected chi connectivity index (χ0v) is 26.7. The minimum absolute atomic E-state index is 0.171. The lowest BCUT2D eigenvalue weighted by atomic mass is 9.68. The molecule has 14 heteroatoms. The number of aromatic amines is 1. The van der Waals surface area contributed by atoms with E-state index in [2.05, 4.69) is 4.98 Å². The van der Waals surface area contributed by atoms with Crippen molar-refractivity contribution in [2.24, 2.45) is 29.6 Å². The summed E-state index contributed by atoms with van der Waals surface area (Å²) in [5.74, 6) is -4.32. The van der Waals surface area contributed by atoms with E-state index < -0.39 is 57.8 Å². The number of nitro benzene ring substituents is 1. The molecular formula is C34H26F3N3O6S2. The topological polar surface area (TPSA) is 123 Å². The predicted octanol–water partition coefficient (Wildman–Crippen LogP) is 6.93. The third-order valence-corrected chi connectivity index (χ3v) is 12.8. The molecule has 9 nitrogen and oxygen atoms in total. The van der Waals surface area contributed by atoms with Crippen molar-refractivity contribution in [1.82, 2.24) is 4.98 Å². The first kappa shape index (κ1) is 30.9. The number of thiazole rings is 1. The van der Waals surface area contributed by atoms with Crippen LogP contribution in [0.4, 0.5) is 24.5 Å². The van der Waals surface area contributed by atoms with Crippen LogP contribution >= 0.6 is 23.1 Å². The van der Waals surface area contributed by atoms with Crippen molar-refractivity contribution >= 4 is 46.3 Å². The number of fused-ring (bicyclic) bond motifs is 9. The number of carbonyl (C=O) groups excluding carboxylic acids is 2. The number of rotatable bonds is 6. The Morgan fingerprint density at radius 2 is 1.71 bits per heavy atom. The number of alkyl halides is 3. The van der Waals surface area contributed by atoms with Gasteiger partial charge in [-0.05, 0) is 54.9 Å². The fourth-order valence-electron chi connectivity index (χ4n) is 8.38. The Bertz CT molecular complexity index is 2060. The van der Waals surface area contributed by atoms with E-state index in [0.717, 1.165) is 39.5 Å². The average Bonchev–Trinajstić information content (AvgIpc) is 3.79. The number of aryl methyl sites for hydroxylation is 1. The van der Waals surface area contributed by atoms with Gasteiger partial charge in [0, 0.05) is 33.7 Å². The molecule has 7 atom stereocenters. The molecule has 2 bridgehead atoms. The Morgan fingerprint density at radius 3 is 2.42 bits per heavy atom. The fraction of sp³-hybridized carbons (Fsp3) is 0.324. The summed E-state index contributed by atoms with van der Waals surface area (Å²) in [6.45, 7) is 2.14. The van der Waals surface area contributed by atoms with Crippen LogP contribution in [-0.4, -0.2) is 27.0 Å². The third-order valence-electron chi connectivity index (χ3n) is 10.2. The molecule has 2 aliphatic heterocycles. The van der Waals surface area contributed by atoms with Gasteiger partial charge in [0.05, 0.1) is 33.0 Å². The number of anilines is 1. The van der Waals surface area contributed by atoms with Gasteiger partial charge >= 0.3 is 11.0 Å². The number of thioether (sulfide) groups is 1. The molecule has 6 unspecified atom stereocenters. The van der Waals surface area contributed by atoms with E-state index in [9.17, 15) is 37.7 Å². The number of halogens is 3. The number of H-pyrrole nitrogens is 1. The van der Waals surface area contributed by atoms with Crippen LogP contribution in [-0.2, 0) is 22.4 Å². The van der Waals surface area contributed by atoms with Gasteiger partial charge < -0.3 is 9.72 Å². The summed E-state index contributed by atoms with van der Waals surface area (Å²) >= 11 is 2.41. The third kappa shape index (κ3) is 4.71. The molecule has 3 heterocycles. The Hall–Kier alpha value is -4.43. The second-order valence-electron chi connectivity index (χ2n) is 12.7. The molecule has 1 N–H and O–H groups in total. The number of ether oxygens (including phenoxy) is 1. The Kier molecular flexibility index (Phi) is 7.11. The number of nitrogens with zero attached hydrogens (tertiary/aromatic N) is 2. The van der Waals surface area contributed by atoms with Crippen LogP contribution in [0.1, 0.15) is 39.5 Å². The zero-order chi connectivity index (χ0) is 33.6. The molecule has 4 aromatic rings. The Labute approximate surface area is 279 Å². The quantitative estimate of drug-likeness (QED) is 0.132. The number of nitrogens with one attached hydrogen (secondary N) is 1. The maximum absolute atomic E-state index is 14.1. The van der Waals surface area contributed by atoms with Crippen molar-refractivity contribution in [3.05, 3.63) is 114 Å². The smallest absolute Gasteiger partial charge is 0.418 e. The molecule has 2 aliphatic carbocycles. The molecular weight excluding hydrogens is 668 g/mol. The monoisotopic (exact) mass is 693 g/mol. The SMILES string of the molecule is Cc1ccc(COc2ccc([N+](=O)[O-])cc2[C@H]2c3sc(=O)[nH]c3SC3C4CC(C5C(=O)N(c6ccccc6C(F)(F)F)C(=O)C45)C32)cc1. The minimum Gasteiger partial charge on any atom is -0.489 e. The van der Waals surface area contributed by atoms with Crippen molar-refractivity contribution in [2.75, 3.05) is 4.90 Å². The van der Waals surface area contributed by atoms with E-state index in [1.165, 1.54) is 36.0 Å². The van der Waals surface area contributed by atoms with Crippen molar-refractivity contribution in [3.8, 4) is 5.75 Å². The molecule has 0 radical (unpaired) electrons. The summed E-state index contributed by atoms with van der Waals surface area (Å²) in [5, 5.41) is 12.3. The number of imide groups is 1. The number of benzene rings is 3. The van der Waals surface area contributed by atoms with E-state index in [1.807, 2.05) is 31.2 Å². The number of para-hydroxylation sites is 1. The van der Waals surface area contributed by atoms with Gasteiger partial charge in [-0.2, -0.15) is 13.2 Å². The maximum atomic E-state index is 14.1.